The highest BCUT2D eigenvalue weighted by atomic mass is 16.1. The fourth-order valence-electron chi connectivity index (χ4n) is 0.902. The minimum atomic E-state index is -0.102. The van der Waals surface area contributed by atoms with Gasteiger partial charge in [0.1, 0.15) is 5.82 Å². The van der Waals surface area contributed by atoms with Crippen LogP contribution in [0.5, 0.6) is 0 Å². The molecule has 0 aliphatic carbocycles. The van der Waals surface area contributed by atoms with Crippen LogP contribution in [0.15, 0.2) is 24.1 Å². The van der Waals surface area contributed by atoms with Crippen molar-refractivity contribution >= 4 is 12.3 Å². The van der Waals surface area contributed by atoms with Crippen molar-refractivity contribution in [2.75, 3.05) is 0 Å². The van der Waals surface area contributed by atoms with Gasteiger partial charge in [0.25, 0.3) is 5.56 Å². The largest absolute Gasteiger partial charge is 0.269 e. The summed E-state index contributed by atoms with van der Waals surface area (Å²) in [6.07, 6.45) is 4.47. The summed E-state index contributed by atoms with van der Waals surface area (Å²) in [5.41, 5.74) is 0.496. The molecule has 0 aliphatic rings. The standard InChI is InChI=1S/C9H10N2O/c1-4-8-10-6-7(3)9(12)11(8)5-2/h4-6H,1-2H2,3H3. The van der Waals surface area contributed by atoms with Crippen molar-refractivity contribution in [3.05, 3.63) is 41.1 Å². The van der Waals surface area contributed by atoms with Gasteiger partial charge in [-0.3, -0.25) is 9.36 Å². The second-order valence-corrected chi connectivity index (χ2v) is 2.36. The number of aromatic nitrogens is 2. The molecule has 0 atom stereocenters. The van der Waals surface area contributed by atoms with Gasteiger partial charge in [-0.05, 0) is 13.0 Å². The predicted molar refractivity (Wildman–Crippen MR) is 49.7 cm³/mol. The summed E-state index contributed by atoms with van der Waals surface area (Å²) in [6.45, 7) is 8.77. The van der Waals surface area contributed by atoms with Gasteiger partial charge in [0.05, 0.1) is 0 Å². The molecule has 0 fully saturated rings. The second-order valence-electron chi connectivity index (χ2n) is 2.36. The molecule has 0 radical (unpaired) electrons. The van der Waals surface area contributed by atoms with Crippen LogP contribution in [0.1, 0.15) is 11.4 Å². The van der Waals surface area contributed by atoms with E-state index in [1.165, 1.54) is 23.0 Å². The van der Waals surface area contributed by atoms with Crippen molar-refractivity contribution < 1.29 is 0 Å². The summed E-state index contributed by atoms with van der Waals surface area (Å²) in [5, 5.41) is 0. The average Bonchev–Trinajstić information content (AvgIpc) is 2.09. The Hall–Kier alpha value is -1.64. The Balaban J connectivity index is 3.56. The van der Waals surface area contributed by atoms with Gasteiger partial charge in [-0.2, -0.15) is 0 Å². The summed E-state index contributed by atoms with van der Waals surface area (Å²) in [4.78, 5) is 15.4. The molecule has 1 aromatic heterocycles. The highest BCUT2D eigenvalue weighted by Gasteiger charge is 2.00. The van der Waals surface area contributed by atoms with Crippen LogP contribution in [0.3, 0.4) is 0 Å². The lowest BCUT2D eigenvalue weighted by molar-refractivity contribution is 0.945. The molecule has 62 valence electrons. The molecular formula is C9H10N2O. The van der Waals surface area contributed by atoms with Gasteiger partial charge in [0.2, 0.25) is 0 Å². The first kappa shape index (κ1) is 8.46. The molecule has 1 heterocycles. The third-order valence-corrected chi connectivity index (χ3v) is 1.56. The van der Waals surface area contributed by atoms with Gasteiger partial charge in [0, 0.05) is 18.0 Å². The molecule has 1 rings (SSSR count). The van der Waals surface area contributed by atoms with Gasteiger partial charge < -0.3 is 0 Å². The van der Waals surface area contributed by atoms with Gasteiger partial charge in [-0.1, -0.05) is 13.2 Å². The molecule has 0 N–H and O–H groups in total. The first-order chi connectivity index (χ1) is 5.70. The first-order valence-corrected chi connectivity index (χ1v) is 3.54. The molecule has 0 saturated carbocycles. The third kappa shape index (κ3) is 1.21. The van der Waals surface area contributed by atoms with E-state index in [-0.39, 0.29) is 5.56 Å². The van der Waals surface area contributed by atoms with Crippen LogP contribution < -0.4 is 5.56 Å². The number of hydrogen-bond acceptors (Lipinski definition) is 2. The summed E-state index contributed by atoms with van der Waals surface area (Å²) in [5.74, 6) is 0.514. The Morgan fingerprint density at radius 3 is 2.75 bits per heavy atom. The van der Waals surface area contributed by atoms with Crippen LogP contribution >= 0.6 is 0 Å². The Bertz CT molecular complexity index is 377. The Morgan fingerprint density at radius 2 is 2.25 bits per heavy atom. The lowest BCUT2D eigenvalue weighted by atomic mass is 10.3. The van der Waals surface area contributed by atoms with E-state index >= 15 is 0 Å². The molecule has 1 aromatic rings. The van der Waals surface area contributed by atoms with E-state index in [9.17, 15) is 4.79 Å². The zero-order valence-corrected chi connectivity index (χ0v) is 6.95. The number of aryl methyl sites for hydroxylation is 1. The number of rotatable bonds is 2. The van der Waals surface area contributed by atoms with E-state index in [4.69, 9.17) is 0 Å². The predicted octanol–water partition coefficient (Wildman–Crippen LogP) is 1.30. The fraction of sp³-hybridized carbons (Fsp3) is 0.111. The number of nitrogens with zero attached hydrogens (tertiary/aromatic N) is 2. The zero-order chi connectivity index (χ0) is 9.14. The van der Waals surface area contributed by atoms with Crippen molar-refractivity contribution in [3.63, 3.8) is 0 Å². The SMILES string of the molecule is C=Cc1ncc(C)c(=O)n1C=C. The van der Waals surface area contributed by atoms with Crippen LogP contribution in [-0.4, -0.2) is 9.55 Å². The van der Waals surface area contributed by atoms with Crippen LogP contribution in [0, 0.1) is 6.92 Å². The summed E-state index contributed by atoms with van der Waals surface area (Å²) < 4.78 is 1.36. The van der Waals surface area contributed by atoms with E-state index in [0.717, 1.165) is 0 Å². The maximum atomic E-state index is 11.4. The van der Waals surface area contributed by atoms with Crippen molar-refractivity contribution in [2.24, 2.45) is 0 Å². The smallest absolute Gasteiger partial charge is 0.260 e. The first-order valence-electron chi connectivity index (χ1n) is 3.54. The topological polar surface area (TPSA) is 34.9 Å². The maximum absolute atomic E-state index is 11.4. The quantitative estimate of drug-likeness (QED) is 0.656. The summed E-state index contributed by atoms with van der Waals surface area (Å²) in [7, 11) is 0. The van der Waals surface area contributed by atoms with Crippen molar-refractivity contribution in [1.29, 1.82) is 0 Å². The minimum Gasteiger partial charge on any atom is -0.269 e. The molecule has 12 heavy (non-hydrogen) atoms. The lowest BCUT2D eigenvalue weighted by Crippen LogP contribution is -2.20. The van der Waals surface area contributed by atoms with Gasteiger partial charge in [0.15, 0.2) is 0 Å². The average molecular weight is 162 g/mol. The van der Waals surface area contributed by atoms with Crippen LogP contribution in [0.25, 0.3) is 12.3 Å². The van der Waals surface area contributed by atoms with Crippen molar-refractivity contribution in [2.45, 2.75) is 6.92 Å². The Morgan fingerprint density at radius 1 is 1.58 bits per heavy atom. The molecule has 0 unspecified atom stereocenters. The Kier molecular flexibility index (Phi) is 2.24. The fourth-order valence-corrected chi connectivity index (χ4v) is 0.902. The summed E-state index contributed by atoms with van der Waals surface area (Å²) in [6, 6.07) is 0. The van der Waals surface area contributed by atoms with Gasteiger partial charge in [-0.15, -0.1) is 0 Å². The summed E-state index contributed by atoms with van der Waals surface area (Å²) >= 11 is 0. The highest BCUT2D eigenvalue weighted by molar-refractivity contribution is 5.41. The van der Waals surface area contributed by atoms with E-state index in [0.29, 0.717) is 11.4 Å². The van der Waals surface area contributed by atoms with Crippen molar-refractivity contribution in [3.8, 4) is 0 Å². The molecule has 0 aromatic carbocycles. The minimum absolute atomic E-state index is 0.102. The highest BCUT2D eigenvalue weighted by Crippen LogP contribution is 1.95. The van der Waals surface area contributed by atoms with E-state index in [1.54, 1.807) is 6.92 Å². The zero-order valence-electron chi connectivity index (χ0n) is 6.95. The maximum Gasteiger partial charge on any atom is 0.260 e. The molecule has 0 bridgehead atoms. The third-order valence-electron chi connectivity index (χ3n) is 1.56. The Labute approximate surface area is 70.7 Å². The van der Waals surface area contributed by atoms with Gasteiger partial charge >= 0.3 is 0 Å². The van der Waals surface area contributed by atoms with Gasteiger partial charge in [-0.25, -0.2) is 4.98 Å². The van der Waals surface area contributed by atoms with Crippen LogP contribution in [0.4, 0.5) is 0 Å². The lowest BCUT2D eigenvalue weighted by Gasteiger charge is -2.02. The molecule has 0 aliphatic heterocycles. The molecule has 0 saturated heterocycles. The number of hydrogen-bond donors (Lipinski definition) is 0. The van der Waals surface area contributed by atoms with E-state index < -0.39 is 0 Å². The van der Waals surface area contributed by atoms with E-state index in [1.807, 2.05) is 0 Å². The normalized spacial score (nSPS) is 9.42. The van der Waals surface area contributed by atoms with Crippen LogP contribution in [-0.2, 0) is 0 Å². The van der Waals surface area contributed by atoms with Crippen molar-refractivity contribution in [1.82, 2.24) is 9.55 Å². The molecule has 3 heteroatoms. The molecule has 0 spiro atoms. The van der Waals surface area contributed by atoms with Crippen LogP contribution in [0.2, 0.25) is 0 Å². The monoisotopic (exact) mass is 162 g/mol. The molecular weight excluding hydrogens is 152 g/mol. The molecule has 3 nitrogen and oxygen atoms in total. The second kappa shape index (κ2) is 3.17. The molecule has 0 amide bonds. The van der Waals surface area contributed by atoms with E-state index in [2.05, 4.69) is 18.1 Å².